The van der Waals surface area contributed by atoms with Crippen molar-refractivity contribution in [3.63, 3.8) is 0 Å². The number of hydrogen-bond donors (Lipinski definition) is 0. The number of alkyl halides is 3. The van der Waals surface area contributed by atoms with Gasteiger partial charge in [-0.05, 0) is 35.4 Å². The summed E-state index contributed by atoms with van der Waals surface area (Å²) in [6.45, 7) is 0. The molecule has 0 heterocycles. The molecule has 3 aromatic rings. The Morgan fingerprint density at radius 3 is 1.80 bits per heavy atom. The summed E-state index contributed by atoms with van der Waals surface area (Å²) >= 11 is 5.61. The highest BCUT2D eigenvalue weighted by molar-refractivity contribution is 7.92. The van der Waals surface area contributed by atoms with Gasteiger partial charge in [-0.2, -0.15) is 13.2 Å². The molecule has 0 amide bonds. The number of sulfone groups is 1. The van der Waals surface area contributed by atoms with Crippen LogP contribution in [0.3, 0.4) is 0 Å². The summed E-state index contributed by atoms with van der Waals surface area (Å²) < 4.78 is 88.2. The molecule has 0 saturated heterocycles. The lowest BCUT2D eigenvalue weighted by molar-refractivity contribution is -0.0436. The van der Waals surface area contributed by atoms with Crippen LogP contribution in [0, 0.1) is 11.6 Å². The quantitative estimate of drug-likeness (QED) is 0.426. The van der Waals surface area contributed by atoms with Crippen LogP contribution in [-0.2, 0) is 22.7 Å². The summed E-state index contributed by atoms with van der Waals surface area (Å²) in [5.74, 6) is -2.24. The van der Waals surface area contributed by atoms with Gasteiger partial charge in [0.05, 0.1) is 9.92 Å². The molecule has 0 spiro atoms. The molecule has 11 heteroatoms. The van der Waals surface area contributed by atoms with Gasteiger partial charge in [0, 0.05) is 24.0 Å². The smallest absolute Gasteiger partial charge is 0.285 e. The van der Waals surface area contributed by atoms with Crippen LogP contribution in [0.2, 0.25) is 5.02 Å². The standard InChI is InChI=1S/C19H10ClF5O4S/c20-13-3-1-10(8-16(13)30(28,29)19(23,24)25)6-12-11(17(26)18(12)27)5-9-2-4-14(21)15(22)7-9/h1-4,7-8H,5-6H2. The van der Waals surface area contributed by atoms with Crippen molar-refractivity contribution >= 4 is 21.4 Å². The Bertz CT molecular complexity index is 1320. The van der Waals surface area contributed by atoms with E-state index >= 15 is 0 Å². The van der Waals surface area contributed by atoms with Crippen molar-refractivity contribution in [2.45, 2.75) is 23.2 Å². The minimum Gasteiger partial charge on any atom is -0.285 e. The Hall–Kier alpha value is -2.59. The molecule has 30 heavy (non-hydrogen) atoms. The molecule has 0 aliphatic heterocycles. The molecule has 0 bridgehead atoms. The molecule has 3 aromatic carbocycles. The highest BCUT2D eigenvalue weighted by atomic mass is 35.5. The van der Waals surface area contributed by atoms with Gasteiger partial charge in [0.2, 0.25) is 10.9 Å². The monoisotopic (exact) mass is 464 g/mol. The molecule has 0 radical (unpaired) electrons. The van der Waals surface area contributed by atoms with Gasteiger partial charge in [0.15, 0.2) is 11.6 Å². The Labute approximate surface area is 171 Å². The second-order valence-corrected chi connectivity index (χ2v) is 8.75. The van der Waals surface area contributed by atoms with Gasteiger partial charge >= 0.3 is 5.51 Å². The highest BCUT2D eigenvalue weighted by Crippen LogP contribution is 2.35. The fourth-order valence-corrected chi connectivity index (χ4v) is 4.21. The van der Waals surface area contributed by atoms with E-state index in [1.807, 2.05) is 0 Å². The van der Waals surface area contributed by atoms with Gasteiger partial charge in [0.1, 0.15) is 0 Å². The summed E-state index contributed by atoms with van der Waals surface area (Å²) in [5, 5.41) is -0.650. The predicted octanol–water partition coefficient (Wildman–Crippen LogP) is 3.69. The topological polar surface area (TPSA) is 68.3 Å². The maximum atomic E-state index is 13.4. The van der Waals surface area contributed by atoms with E-state index in [4.69, 9.17) is 11.6 Å². The first-order chi connectivity index (χ1) is 13.8. The second-order valence-electron chi connectivity index (χ2n) is 6.43. The molecular weight excluding hydrogens is 455 g/mol. The minimum absolute atomic E-state index is 0.000798. The molecule has 158 valence electrons. The first-order valence-electron chi connectivity index (χ1n) is 8.17. The van der Waals surface area contributed by atoms with Gasteiger partial charge in [-0.3, -0.25) is 9.59 Å². The predicted molar refractivity (Wildman–Crippen MR) is 98.0 cm³/mol. The Kier molecular flexibility index (Phi) is 5.59. The van der Waals surface area contributed by atoms with Gasteiger partial charge < -0.3 is 0 Å². The lowest BCUT2D eigenvalue weighted by Crippen LogP contribution is -2.40. The molecule has 0 saturated carbocycles. The molecule has 0 unspecified atom stereocenters. The average Bonchev–Trinajstić information content (AvgIpc) is 2.67. The van der Waals surface area contributed by atoms with Crippen LogP contribution in [0.1, 0.15) is 22.3 Å². The lowest BCUT2D eigenvalue weighted by atomic mass is 9.90. The molecule has 0 atom stereocenters. The molecule has 0 aliphatic carbocycles. The average molecular weight is 465 g/mol. The first-order valence-corrected chi connectivity index (χ1v) is 10.0. The number of halogens is 6. The lowest BCUT2D eigenvalue weighted by Gasteiger charge is -2.14. The van der Waals surface area contributed by atoms with Crippen molar-refractivity contribution in [1.29, 1.82) is 0 Å². The molecule has 3 rings (SSSR count). The molecule has 0 fully saturated rings. The van der Waals surface area contributed by atoms with Gasteiger partial charge in [-0.15, -0.1) is 0 Å². The summed E-state index contributed by atoms with van der Waals surface area (Å²) in [4.78, 5) is 22.6. The van der Waals surface area contributed by atoms with E-state index in [0.717, 1.165) is 18.2 Å². The Balaban J connectivity index is 1.96. The summed E-state index contributed by atoms with van der Waals surface area (Å²) in [6.07, 6.45) is -0.528. The normalized spacial score (nSPS) is 12.5. The zero-order valence-corrected chi connectivity index (χ0v) is 16.3. The van der Waals surface area contributed by atoms with Crippen LogP contribution in [0.5, 0.6) is 0 Å². The molecule has 0 aliphatic rings. The van der Waals surface area contributed by atoms with E-state index in [0.29, 0.717) is 6.07 Å². The van der Waals surface area contributed by atoms with Crippen molar-refractivity contribution in [3.05, 3.63) is 95.8 Å². The van der Waals surface area contributed by atoms with Crippen LogP contribution in [0.4, 0.5) is 22.0 Å². The highest BCUT2D eigenvalue weighted by Gasteiger charge is 2.48. The molecular formula is C19H10ClF5O4S. The van der Waals surface area contributed by atoms with Gasteiger partial charge in [-0.1, -0.05) is 23.7 Å². The molecule has 0 aromatic heterocycles. The third kappa shape index (κ3) is 3.89. The fraction of sp³-hybridized carbons (Fsp3) is 0.158. The summed E-state index contributed by atoms with van der Waals surface area (Å²) in [6, 6.07) is 5.76. The fourth-order valence-electron chi connectivity index (χ4n) is 2.91. The van der Waals surface area contributed by atoms with E-state index in [2.05, 4.69) is 0 Å². The number of benzene rings is 2. The van der Waals surface area contributed by atoms with Crippen LogP contribution in [0.25, 0.3) is 0 Å². The van der Waals surface area contributed by atoms with Crippen LogP contribution < -0.4 is 10.9 Å². The van der Waals surface area contributed by atoms with E-state index in [1.54, 1.807) is 0 Å². The van der Waals surface area contributed by atoms with E-state index in [9.17, 15) is 40.0 Å². The van der Waals surface area contributed by atoms with Crippen molar-refractivity contribution < 1.29 is 30.4 Å². The van der Waals surface area contributed by atoms with Crippen LogP contribution in [0.15, 0.2) is 50.9 Å². The zero-order valence-electron chi connectivity index (χ0n) is 14.7. The first kappa shape index (κ1) is 22.1. The van der Waals surface area contributed by atoms with Crippen molar-refractivity contribution in [1.82, 2.24) is 0 Å². The number of hydrogen-bond acceptors (Lipinski definition) is 4. The van der Waals surface area contributed by atoms with Crippen LogP contribution in [-0.4, -0.2) is 13.9 Å². The van der Waals surface area contributed by atoms with Gasteiger partial charge in [-0.25, -0.2) is 17.2 Å². The van der Waals surface area contributed by atoms with Crippen LogP contribution >= 0.6 is 11.6 Å². The summed E-state index contributed by atoms with van der Waals surface area (Å²) in [5.41, 5.74) is -7.17. The largest absolute Gasteiger partial charge is 0.501 e. The third-order valence-corrected chi connectivity index (χ3v) is 6.42. The maximum absolute atomic E-state index is 13.4. The zero-order chi connectivity index (χ0) is 22.4. The van der Waals surface area contributed by atoms with Crippen molar-refractivity contribution in [2.75, 3.05) is 0 Å². The Morgan fingerprint density at radius 1 is 0.800 bits per heavy atom. The van der Waals surface area contributed by atoms with E-state index < -0.39 is 47.8 Å². The second kappa shape index (κ2) is 7.59. The van der Waals surface area contributed by atoms with E-state index in [-0.39, 0.29) is 35.1 Å². The third-order valence-electron chi connectivity index (χ3n) is 4.45. The van der Waals surface area contributed by atoms with E-state index in [1.165, 1.54) is 12.1 Å². The van der Waals surface area contributed by atoms with Crippen molar-refractivity contribution in [3.8, 4) is 0 Å². The molecule has 4 nitrogen and oxygen atoms in total. The summed E-state index contributed by atoms with van der Waals surface area (Å²) in [7, 11) is -5.73. The Morgan fingerprint density at radius 2 is 1.30 bits per heavy atom. The maximum Gasteiger partial charge on any atom is 0.501 e. The van der Waals surface area contributed by atoms with Crippen molar-refractivity contribution in [2.24, 2.45) is 0 Å². The number of rotatable bonds is 5. The van der Waals surface area contributed by atoms with Gasteiger partial charge in [0.25, 0.3) is 9.84 Å². The minimum atomic E-state index is -5.73. The SMILES string of the molecule is O=c1c(Cc2ccc(F)c(F)c2)c(Cc2ccc(Cl)c(S(=O)(=O)C(F)(F)F)c2)c1=O. The molecule has 0 N–H and O–H groups in total.